The third kappa shape index (κ3) is 4.81. The third-order valence-electron chi connectivity index (χ3n) is 1.97. The fourth-order valence-corrected chi connectivity index (χ4v) is 3.69. The first-order valence-electron chi connectivity index (χ1n) is 5.82. The molecular formula is C11H18N2O4S2. The van der Waals surface area contributed by atoms with Gasteiger partial charge in [0.1, 0.15) is 5.00 Å². The average Bonchev–Trinajstić information content (AvgIpc) is 2.56. The molecular weight excluding hydrogens is 288 g/mol. The Balaban J connectivity index is 2.98. The molecule has 0 bridgehead atoms. The SMILES string of the molecule is CCOC(=O)c1cc(C)sc1NS(=O)(=O)NC(C)C. The van der Waals surface area contributed by atoms with Gasteiger partial charge < -0.3 is 4.74 Å². The van der Waals surface area contributed by atoms with Gasteiger partial charge in [0.25, 0.3) is 10.2 Å². The van der Waals surface area contributed by atoms with Crippen molar-refractivity contribution in [3.05, 3.63) is 16.5 Å². The largest absolute Gasteiger partial charge is 0.462 e. The Kier molecular flexibility index (Phi) is 5.33. The molecule has 0 aromatic carbocycles. The minimum Gasteiger partial charge on any atom is -0.462 e. The van der Waals surface area contributed by atoms with Gasteiger partial charge in [-0.2, -0.15) is 13.1 Å². The molecule has 8 heteroatoms. The molecule has 0 aliphatic rings. The second-order valence-corrected chi connectivity index (χ2v) is 6.90. The molecule has 0 aliphatic carbocycles. The highest BCUT2D eigenvalue weighted by Gasteiger charge is 2.20. The van der Waals surface area contributed by atoms with Gasteiger partial charge in [-0.1, -0.05) is 0 Å². The van der Waals surface area contributed by atoms with E-state index in [1.807, 2.05) is 0 Å². The number of nitrogens with one attached hydrogen (secondary N) is 2. The van der Waals surface area contributed by atoms with E-state index in [4.69, 9.17) is 4.74 Å². The lowest BCUT2D eigenvalue weighted by atomic mass is 10.3. The third-order valence-corrected chi connectivity index (χ3v) is 4.32. The van der Waals surface area contributed by atoms with E-state index in [2.05, 4.69) is 9.44 Å². The van der Waals surface area contributed by atoms with Crippen LogP contribution in [0.2, 0.25) is 0 Å². The normalized spacial score (nSPS) is 11.6. The van der Waals surface area contributed by atoms with E-state index in [0.717, 1.165) is 4.88 Å². The van der Waals surface area contributed by atoms with E-state index in [0.29, 0.717) is 0 Å². The topological polar surface area (TPSA) is 84.5 Å². The highest BCUT2D eigenvalue weighted by atomic mass is 32.2. The summed E-state index contributed by atoms with van der Waals surface area (Å²) in [5.41, 5.74) is 0.235. The van der Waals surface area contributed by atoms with Crippen molar-refractivity contribution in [1.82, 2.24) is 4.72 Å². The average molecular weight is 306 g/mol. The number of carbonyl (C=O) groups excluding carboxylic acids is 1. The van der Waals surface area contributed by atoms with Gasteiger partial charge in [0.2, 0.25) is 0 Å². The highest BCUT2D eigenvalue weighted by Crippen LogP contribution is 2.28. The molecule has 0 amide bonds. The van der Waals surface area contributed by atoms with Gasteiger partial charge in [0.15, 0.2) is 0 Å². The second-order valence-electron chi connectivity index (χ2n) is 4.20. The van der Waals surface area contributed by atoms with Gasteiger partial charge in [-0.3, -0.25) is 4.72 Å². The molecule has 0 radical (unpaired) electrons. The van der Waals surface area contributed by atoms with Gasteiger partial charge >= 0.3 is 5.97 Å². The number of carbonyl (C=O) groups is 1. The second kappa shape index (κ2) is 6.36. The molecule has 0 unspecified atom stereocenters. The molecule has 1 heterocycles. The molecule has 0 spiro atoms. The Morgan fingerprint density at radius 1 is 1.47 bits per heavy atom. The van der Waals surface area contributed by atoms with Crippen LogP contribution in [0.25, 0.3) is 0 Å². The van der Waals surface area contributed by atoms with Crippen LogP contribution < -0.4 is 9.44 Å². The lowest BCUT2D eigenvalue weighted by molar-refractivity contribution is 0.0528. The summed E-state index contributed by atoms with van der Waals surface area (Å²) >= 11 is 1.19. The molecule has 0 aliphatic heterocycles. The van der Waals surface area contributed by atoms with Crippen molar-refractivity contribution in [3.63, 3.8) is 0 Å². The van der Waals surface area contributed by atoms with Crippen LogP contribution in [-0.4, -0.2) is 27.0 Å². The standard InChI is InChI=1S/C11H18N2O4S2/c1-5-17-11(14)9-6-8(4)18-10(9)13-19(15,16)12-7(2)3/h6-7,12-13H,5H2,1-4H3. The molecule has 0 saturated heterocycles. The summed E-state index contributed by atoms with van der Waals surface area (Å²) in [7, 11) is -3.69. The summed E-state index contributed by atoms with van der Waals surface area (Å²) in [5, 5.41) is 0.268. The van der Waals surface area contributed by atoms with E-state index < -0.39 is 16.2 Å². The Bertz CT molecular complexity index is 549. The van der Waals surface area contributed by atoms with Crippen molar-refractivity contribution in [3.8, 4) is 0 Å². The lowest BCUT2D eigenvalue weighted by Gasteiger charge is -2.11. The van der Waals surface area contributed by atoms with Crippen LogP contribution in [-0.2, 0) is 14.9 Å². The van der Waals surface area contributed by atoms with Crippen molar-refractivity contribution in [2.24, 2.45) is 0 Å². The zero-order valence-corrected chi connectivity index (χ0v) is 12.9. The van der Waals surface area contributed by atoms with Gasteiger partial charge in [-0.25, -0.2) is 4.79 Å². The summed E-state index contributed by atoms with van der Waals surface area (Å²) in [4.78, 5) is 12.5. The quantitative estimate of drug-likeness (QED) is 0.786. The van der Waals surface area contributed by atoms with Gasteiger partial charge in [0.05, 0.1) is 12.2 Å². The molecule has 6 nitrogen and oxygen atoms in total. The molecule has 1 aromatic heterocycles. The minimum absolute atomic E-state index is 0.232. The van der Waals surface area contributed by atoms with Gasteiger partial charge in [0, 0.05) is 10.9 Å². The fraction of sp³-hybridized carbons (Fsp3) is 0.545. The predicted molar refractivity (Wildman–Crippen MR) is 75.8 cm³/mol. The smallest absolute Gasteiger partial charge is 0.341 e. The Morgan fingerprint density at radius 2 is 2.11 bits per heavy atom. The molecule has 0 fully saturated rings. The number of esters is 1. The van der Waals surface area contributed by atoms with Crippen LogP contribution in [0.15, 0.2) is 6.07 Å². The predicted octanol–water partition coefficient (Wildman–Crippen LogP) is 1.89. The van der Waals surface area contributed by atoms with Crippen molar-refractivity contribution in [1.29, 1.82) is 0 Å². The van der Waals surface area contributed by atoms with Crippen LogP contribution in [0, 0.1) is 6.92 Å². The maximum atomic E-state index is 11.8. The van der Waals surface area contributed by atoms with Crippen molar-refractivity contribution >= 4 is 32.5 Å². The van der Waals surface area contributed by atoms with E-state index in [9.17, 15) is 13.2 Å². The maximum absolute atomic E-state index is 11.8. The van der Waals surface area contributed by atoms with Crippen LogP contribution in [0.3, 0.4) is 0 Å². The summed E-state index contributed by atoms with van der Waals surface area (Å²) in [6.45, 7) is 7.16. The van der Waals surface area contributed by atoms with Crippen molar-refractivity contribution in [2.45, 2.75) is 33.7 Å². The molecule has 1 rings (SSSR count). The molecule has 2 N–H and O–H groups in total. The first-order valence-corrected chi connectivity index (χ1v) is 8.12. The Labute approximate surface area is 117 Å². The number of aryl methyl sites for hydroxylation is 1. The lowest BCUT2D eigenvalue weighted by Crippen LogP contribution is -2.35. The van der Waals surface area contributed by atoms with Crippen LogP contribution in [0.1, 0.15) is 36.0 Å². The van der Waals surface area contributed by atoms with E-state index in [1.54, 1.807) is 33.8 Å². The molecule has 0 atom stereocenters. The Morgan fingerprint density at radius 3 is 2.63 bits per heavy atom. The highest BCUT2D eigenvalue weighted by molar-refractivity contribution is 7.91. The molecule has 0 saturated carbocycles. The van der Waals surface area contributed by atoms with E-state index in [1.165, 1.54) is 11.3 Å². The minimum atomic E-state index is -3.69. The first kappa shape index (κ1) is 15.9. The Hall–Kier alpha value is -1.12. The number of hydrogen-bond acceptors (Lipinski definition) is 5. The number of ether oxygens (including phenoxy) is 1. The van der Waals surface area contributed by atoms with Gasteiger partial charge in [-0.15, -0.1) is 11.3 Å². The number of thiophene rings is 1. The summed E-state index contributed by atoms with van der Waals surface area (Å²) < 4.78 is 33.2. The summed E-state index contributed by atoms with van der Waals surface area (Å²) in [6, 6.07) is 1.38. The van der Waals surface area contributed by atoms with Crippen molar-refractivity contribution < 1.29 is 17.9 Å². The summed E-state index contributed by atoms with van der Waals surface area (Å²) in [6.07, 6.45) is 0. The van der Waals surface area contributed by atoms with Crippen LogP contribution in [0.4, 0.5) is 5.00 Å². The molecule has 19 heavy (non-hydrogen) atoms. The summed E-state index contributed by atoms with van der Waals surface area (Å²) in [5.74, 6) is -0.533. The number of hydrogen-bond donors (Lipinski definition) is 2. The number of rotatable bonds is 6. The van der Waals surface area contributed by atoms with E-state index in [-0.39, 0.29) is 23.2 Å². The first-order chi connectivity index (χ1) is 8.75. The molecule has 1 aromatic rings. The van der Waals surface area contributed by atoms with Crippen LogP contribution in [0.5, 0.6) is 0 Å². The maximum Gasteiger partial charge on any atom is 0.341 e. The molecule has 108 valence electrons. The zero-order valence-electron chi connectivity index (χ0n) is 11.3. The van der Waals surface area contributed by atoms with Crippen LogP contribution >= 0.6 is 11.3 Å². The monoisotopic (exact) mass is 306 g/mol. The van der Waals surface area contributed by atoms with E-state index >= 15 is 0 Å². The zero-order chi connectivity index (χ0) is 14.6. The fourth-order valence-electron chi connectivity index (χ4n) is 1.41. The van der Waals surface area contributed by atoms with Crippen molar-refractivity contribution in [2.75, 3.05) is 11.3 Å². The number of anilines is 1. The van der Waals surface area contributed by atoms with Gasteiger partial charge in [-0.05, 0) is 33.8 Å².